The number of carbonyl (C=O) groups is 2. The van der Waals surface area contributed by atoms with E-state index in [9.17, 15) is 9.59 Å². The van der Waals surface area contributed by atoms with E-state index >= 15 is 0 Å². The molecule has 1 N–H and O–H groups in total. The first-order valence-electron chi connectivity index (χ1n) is 8.27. The van der Waals surface area contributed by atoms with E-state index in [0.29, 0.717) is 13.0 Å². The number of carbonyl (C=O) groups excluding carboxylic acids is 2. The summed E-state index contributed by atoms with van der Waals surface area (Å²) in [5.74, 6) is -0.164. The van der Waals surface area contributed by atoms with Crippen LogP contribution in [0.2, 0.25) is 0 Å². The minimum absolute atomic E-state index is 0.0611. The maximum absolute atomic E-state index is 13.2. The van der Waals surface area contributed by atoms with Crippen LogP contribution in [0.5, 0.6) is 0 Å². The molecule has 4 nitrogen and oxygen atoms in total. The second-order valence-electron chi connectivity index (χ2n) is 6.35. The second-order valence-corrected chi connectivity index (χ2v) is 6.35. The summed E-state index contributed by atoms with van der Waals surface area (Å²) >= 11 is 0. The summed E-state index contributed by atoms with van der Waals surface area (Å²) in [5.41, 5.74) is 0.997. The molecule has 0 bridgehead atoms. The lowest BCUT2D eigenvalue weighted by Crippen LogP contribution is -2.66. The largest absolute Gasteiger partial charge is 0.338 e. The standard InChI is InChI=1S/C20H22N2O2/c1-3-20(2)19(24)21-17(16-12-8-5-9-13-16)18(23)22(20)14-15-10-6-4-7-11-15/h4-13,17H,3,14H2,1-2H3,(H,21,24). The average Bonchev–Trinajstić information content (AvgIpc) is 2.63. The molecule has 2 atom stereocenters. The number of nitrogens with one attached hydrogen (secondary N) is 1. The minimum Gasteiger partial charge on any atom is -0.338 e. The van der Waals surface area contributed by atoms with Crippen LogP contribution in [0.15, 0.2) is 60.7 Å². The van der Waals surface area contributed by atoms with E-state index in [1.54, 1.807) is 4.90 Å². The van der Waals surface area contributed by atoms with Gasteiger partial charge >= 0.3 is 0 Å². The molecule has 1 saturated heterocycles. The van der Waals surface area contributed by atoms with Crippen molar-refractivity contribution in [2.75, 3.05) is 0 Å². The Morgan fingerprint density at radius 3 is 2.17 bits per heavy atom. The summed E-state index contributed by atoms with van der Waals surface area (Å²) < 4.78 is 0. The summed E-state index contributed by atoms with van der Waals surface area (Å²) in [4.78, 5) is 27.7. The van der Waals surface area contributed by atoms with Gasteiger partial charge in [0.25, 0.3) is 5.91 Å². The Morgan fingerprint density at radius 2 is 1.58 bits per heavy atom. The average molecular weight is 322 g/mol. The topological polar surface area (TPSA) is 49.4 Å². The second kappa shape index (κ2) is 6.48. The minimum atomic E-state index is -0.835. The van der Waals surface area contributed by atoms with E-state index in [1.807, 2.05) is 74.5 Å². The van der Waals surface area contributed by atoms with E-state index in [-0.39, 0.29) is 11.8 Å². The van der Waals surface area contributed by atoms with Gasteiger partial charge in [-0.3, -0.25) is 9.59 Å². The molecule has 2 unspecified atom stereocenters. The number of rotatable bonds is 4. The maximum atomic E-state index is 13.2. The number of piperazine rings is 1. The van der Waals surface area contributed by atoms with Crippen molar-refractivity contribution in [1.29, 1.82) is 0 Å². The Bertz CT molecular complexity index is 730. The summed E-state index contributed by atoms with van der Waals surface area (Å²) in [5, 5.41) is 2.91. The molecular formula is C20H22N2O2. The normalized spacial score (nSPS) is 23.9. The van der Waals surface area contributed by atoms with Crippen LogP contribution >= 0.6 is 0 Å². The molecule has 2 aromatic carbocycles. The fourth-order valence-corrected chi connectivity index (χ4v) is 3.11. The first-order chi connectivity index (χ1) is 11.6. The summed E-state index contributed by atoms with van der Waals surface area (Å²) in [6.07, 6.45) is 0.568. The zero-order chi connectivity index (χ0) is 17.2. The Morgan fingerprint density at radius 1 is 1.00 bits per heavy atom. The van der Waals surface area contributed by atoms with Crippen molar-refractivity contribution in [3.05, 3.63) is 71.8 Å². The third kappa shape index (κ3) is 2.80. The van der Waals surface area contributed by atoms with Gasteiger partial charge in [0.15, 0.2) is 0 Å². The molecule has 2 amide bonds. The fraction of sp³-hybridized carbons (Fsp3) is 0.300. The van der Waals surface area contributed by atoms with E-state index in [0.717, 1.165) is 11.1 Å². The van der Waals surface area contributed by atoms with Crippen LogP contribution in [-0.4, -0.2) is 22.3 Å². The molecule has 2 aromatic rings. The number of hydrogen-bond donors (Lipinski definition) is 1. The van der Waals surface area contributed by atoms with Crippen molar-refractivity contribution < 1.29 is 9.59 Å². The Labute approximate surface area is 142 Å². The lowest BCUT2D eigenvalue weighted by atomic mass is 9.88. The van der Waals surface area contributed by atoms with Crippen molar-refractivity contribution in [1.82, 2.24) is 10.2 Å². The van der Waals surface area contributed by atoms with Gasteiger partial charge in [0.1, 0.15) is 11.6 Å². The molecule has 4 heteroatoms. The van der Waals surface area contributed by atoms with Gasteiger partial charge in [-0.15, -0.1) is 0 Å². The highest BCUT2D eigenvalue weighted by Crippen LogP contribution is 2.32. The summed E-state index contributed by atoms with van der Waals surface area (Å²) in [6.45, 7) is 4.21. The molecule has 1 fully saturated rings. The van der Waals surface area contributed by atoms with Gasteiger partial charge in [-0.1, -0.05) is 67.6 Å². The molecule has 1 heterocycles. The summed E-state index contributed by atoms with van der Waals surface area (Å²) in [6, 6.07) is 18.6. The zero-order valence-electron chi connectivity index (χ0n) is 14.0. The number of benzene rings is 2. The summed E-state index contributed by atoms with van der Waals surface area (Å²) in [7, 11) is 0. The smallest absolute Gasteiger partial charge is 0.250 e. The van der Waals surface area contributed by atoms with E-state index < -0.39 is 11.6 Å². The highest BCUT2D eigenvalue weighted by atomic mass is 16.2. The maximum Gasteiger partial charge on any atom is 0.250 e. The van der Waals surface area contributed by atoms with Gasteiger partial charge in [0.2, 0.25) is 5.91 Å². The SMILES string of the molecule is CCC1(C)C(=O)NC(c2ccccc2)C(=O)N1Cc1ccccc1. The lowest BCUT2D eigenvalue weighted by Gasteiger charge is -2.46. The molecule has 0 saturated carbocycles. The van der Waals surface area contributed by atoms with Gasteiger partial charge < -0.3 is 10.2 Å². The first kappa shape index (κ1) is 16.2. The Kier molecular flexibility index (Phi) is 4.38. The van der Waals surface area contributed by atoms with Crippen LogP contribution in [0.1, 0.15) is 37.4 Å². The van der Waals surface area contributed by atoms with Crippen LogP contribution in [0.25, 0.3) is 0 Å². The van der Waals surface area contributed by atoms with Crippen LogP contribution in [-0.2, 0) is 16.1 Å². The lowest BCUT2D eigenvalue weighted by molar-refractivity contribution is -0.157. The number of amides is 2. The quantitative estimate of drug-likeness (QED) is 0.940. The molecule has 0 spiro atoms. The third-order valence-electron chi connectivity index (χ3n) is 4.88. The molecule has 1 aliphatic heterocycles. The van der Waals surface area contributed by atoms with E-state index in [4.69, 9.17) is 0 Å². The van der Waals surface area contributed by atoms with Crippen molar-refractivity contribution in [2.24, 2.45) is 0 Å². The molecule has 3 rings (SSSR count). The molecule has 0 aliphatic carbocycles. The predicted octanol–water partition coefficient (Wildman–Crippen LogP) is 3.06. The fourth-order valence-electron chi connectivity index (χ4n) is 3.11. The van der Waals surface area contributed by atoms with Gasteiger partial charge in [-0.05, 0) is 24.5 Å². The van der Waals surface area contributed by atoms with Crippen molar-refractivity contribution in [3.8, 4) is 0 Å². The molecule has 0 aromatic heterocycles. The predicted molar refractivity (Wildman–Crippen MR) is 93.0 cm³/mol. The Hall–Kier alpha value is -2.62. The zero-order valence-corrected chi connectivity index (χ0v) is 14.0. The number of nitrogens with zero attached hydrogens (tertiary/aromatic N) is 1. The van der Waals surface area contributed by atoms with Crippen LogP contribution in [0.4, 0.5) is 0 Å². The monoisotopic (exact) mass is 322 g/mol. The molecule has 124 valence electrons. The van der Waals surface area contributed by atoms with Crippen molar-refractivity contribution in [3.63, 3.8) is 0 Å². The molecule has 1 aliphatic rings. The van der Waals surface area contributed by atoms with E-state index in [2.05, 4.69) is 5.32 Å². The van der Waals surface area contributed by atoms with Crippen LogP contribution in [0, 0.1) is 0 Å². The third-order valence-corrected chi connectivity index (χ3v) is 4.88. The highest BCUT2D eigenvalue weighted by Gasteiger charge is 2.48. The Balaban J connectivity index is 1.97. The van der Waals surface area contributed by atoms with E-state index in [1.165, 1.54) is 0 Å². The van der Waals surface area contributed by atoms with Crippen LogP contribution in [0.3, 0.4) is 0 Å². The molecule has 0 radical (unpaired) electrons. The molecular weight excluding hydrogens is 300 g/mol. The number of hydrogen-bond acceptors (Lipinski definition) is 2. The van der Waals surface area contributed by atoms with Crippen molar-refractivity contribution >= 4 is 11.8 Å². The van der Waals surface area contributed by atoms with Gasteiger partial charge in [0, 0.05) is 6.54 Å². The first-order valence-corrected chi connectivity index (χ1v) is 8.27. The molecule has 24 heavy (non-hydrogen) atoms. The van der Waals surface area contributed by atoms with Gasteiger partial charge in [0.05, 0.1) is 0 Å². The highest BCUT2D eigenvalue weighted by molar-refractivity contribution is 6.00. The van der Waals surface area contributed by atoms with Crippen molar-refractivity contribution in [2.45, 2.75) is 38.4 Å². The van der Waals surface area contributed by atoms with Gasteiger partial charge in [-0.25, -0.2) is 0 Å². The van der Waals surface area contributed by atoms with Crippen LogP contribution < -0.4 is 5.32 Å². The van der Waals surface area contributed by atoms with Gasteiger partial charge in [-0.2, -0.15) is 0 Å².